The molecule has 106 valence electrons. The summed E-state index contributed by atoms with van der Waals surface area (Å²) in [6.45, 7) is 3.98. The van der Waals surface area contributed by atoms with Crippen molar-refractivity contribution in [3.05, 3.63) is 11.4 Å². The van der Waals surface area contributed by atoms with Gasteiger partial charge in [-0.1, -0.05) is 0 Å². The molecule has 1 fully saturated rings. The van der Waals surface area contributed by atoms with Gasteiger partial charge in [-0.15, -0.1) is 0 Å². The summed E-state index contributed by atoms with van der Waals surface area (Å²) in [5.41, 5.74) is 6.25. The number of carbonyl (C=O) groups is 1. The number of nitrogens with one attached hydrogen (secondary N) is 1. The Bertz CT molecular complexity index is 566. The number of nitrogens with two attached hydrogens (primary N) is 1. The first-order valence-corrected chi connectivity index (χ1v) is 7.59. The Morgan fingerprint density at radius 1 is 1.37 bits per heavy atom. The summed E-state index contributed by atoms with van der Waals surface area (Å²) in [5.74, 6) is -0.578. The molecular weight excluding hydrogens is 268 g/mol. The SMILES string of the molecule is Cc1n[nH]c(C)c1S(=O)(=O)N1CCC(C(N)=O)CC1. The topological polar surface area (TPSA) is 109 Å². The van der Waals surface area contributed by atoms with Crippen LogP contribution in [0.15, 0.2) is 4.90 Å². The molecule has 2 heterocycles. The number of piperidine rings is 1. The van der Waals surface area contributed by atoms with Crippen molar-refractivity contribution in [2.24, 2.45) is 11.7 Å². The largest absolute Gasteiger partial charge is 0.369 e. The fourth-order valence-electron chi connectivity index (χ4n) is 2.43. The highest BCUT2D eigenvalue weighted by atomic mass is 32.2. The number of sulfonamides is 1. The van der Waals surface area contributed by atoms with Crippen molar-refractivity contribution in [2.75, 3.05) is 13.1 Å². The van der Waals surface area contributed by atoms with E-state index >= 15 is 0 Å². The van der Waals surface area contributed by atoms with Crippen LogP contribution < -0.4 is 5.73 Å². The molecule has 19 heavy (non-hydrogen) atoms. The predicted octanol–water partition coefficient (Wildman–Crippen LogP) is -0.0875. The van der Waals surface area contributed by atoms with Crippen molar-refractivity contribution in [3.63, 3.8) is 0 Å². The molecule has 1 saturated heterocycles. The van der Waals surface area contributed by atoms with E-state index in [0.29, 0.717) is 37.3 Å². The molecule has 0 atom stereocenters. The minimum Gasteiger partial charge on any atom is -0.369 e. The zero-order valence-electron chi connectivity index (χ0n) is 11.0. The molecule has 1 aliphatic rings. The van der Waals surface area contributed by atoms with Crippen LogP contribution >= 0.6 is 0 Å². The van der Waals surface area contributed by atoms with E-state index in [9.17, 15) is 13.2 Å². The van der Waals surface area contributed by atoms with Crippen LogP contribution in [0.5, 0.6) is 0 Å². The number of nitrogens with zero attached hydrogens (tertiary/aromatic N) is 2. The van der Waals surface area contributed by atoms with Crippen LogP contribution in [0.3, 0.4) is 0 Å². The average Bonchev–Trinajstić information content (AvgIpc) is 2.69. The number of hydrogen-bond acceptors (Lipinski definition) is 4. The van der Waals surface area contributed by atoms with Gasteiger partial charge in [0.15, 0.2) is 0 Å². The van der Waals surface area contributed by atoms with Gasteiger partial charge in [0.2, 0.25) is 15.9 Å². The lowest BCUT2D eigenvalue weighted by molar-refractivity contribution is -0.122. The molecular formula is C11H18N4O3S. The van der Waals surface area contributed by atoms with Gasteiger partial charge in [-0.2, -0.15) is 9.40 Å². The van der Waals surface area contributed by atoms with E-state index in [1.54, 1.807) is 13.8 Å². The van der Waals surface area contributed by atoms with Crippen molar-refractivity contribution in [1.29, 1.82) is 0 Å². The van der Waals surface area contributed by atoms with Gasteiger partial charge in [0.1, 0.15) is 4.90 Å². The second kappa shape index (κ2) is 4.93. The quantitative estimate of drug-likeness (QED) is 0.809. The molecule has 3 N–H and O–H groups in total. The maximum atomic E-state index is 12.5. The first-order valence-electron chi connectivity index (χ1n) is 6.15. The second-order valence-corrected chi connectivity index (χ2v) is 6.72. The lowest BCUT2D eigenvalue weighted by Gasteiger charge is -2.29. The molecule has 0 aromatic carbocycles. The normalized spacial score (nSPS) is 18.6. The van der Waals surface area contributed by atoms with Crippen LogP contribution in [0.2, 0.25) is 0 Å². The first kappa shape index (κ1) is 14.0. The highest BCUT2D eigenvalue weighted by molar-refractivity contribution is 7.89. The Hall–Kier alpha value is -1.41. The van der Waals surface area contributed by atoms with Gasteiger partial charge in [0.05, 0.1) is 11.4 Å². The fourth-order valence-corrected chi connectivity index (χ4v) is 4.23. The maximum Gasteiger partial charge on any atom is 0.246 e. The average molecular weight is 286 g/mol. The molecule has 1 aromatic rings. The predicted molar refractivity (Wildman–Crippen MR) is 68.7 cm³/mol. The van der Waals surface area contributed by atoms with Gasteiger partial charge in [0, 0.05) is 19.0 Å². The van der Waals surface area contributed by atoms with E-state index in [4.69, 9.17) is 5.73 Å². The van der Waals surface area contributed by atoms with E-state index in [-0.39, 0.29) is 16.7 Å². The Kier molecular flexibility index (Phi) is 3.64. The third kappa shape index (κ3) is 2.50. The van der Waals surface area contributed by atoms with E-state index < -0.39 is 10.0 Å². The van der Waals surface area contributed by atoms with Gasteiger partial charge in [0.25, 0.3) is 0 Å². The van der Waals surface area contributed by atoms with Crippen molar-refractivity contribution in [3.8, 4) is 0 Å². The smallest absolute Gasteiger partial charge is 0.246 e. The minimum atomic E-state index is -3.54. The Balaban J connectivity index is 2.21. The first-order chi connectivity index (χ1) is 8.84. The molecule has 7 nitrogen and oxygen atoms in total. The third-order valence-electron chi connectivity index (χ3n) is 3.51. The Labute approximate surface area is 112 Å². The van der Waals surface area contributed by atoms with E-state index in [1.165, 1.54) is 4.31 Å². The lowest BCUT2D eigenvalue weighted by Crippen LogP contribution is -2.41. The molecule has 0 bridgehead atoms. The zero-order chi connectivity index (χ0) is 14.2. The fraction of sp³-hybridized carbons (Fsp3) is 0.636. The van der Waals surface area contributed by atoms with E-state index in [0.717, 1.165) is 0 Å². The molecule has 0 radical (unpaired) electrons. The highest BCUT2D eigenvalue weighted by Gasteiger charge is 2.33. The molecule has 0 unspecified atom stereocenters. The summed E-state index contributed by atoms with van der Waals surface area (Å²) in [5, 5.41) is 6.59. The zero-order valence-corrected chi connectivity index (χ0v) is 11.8. The lowest BCUT2D eigenvalue weighted by atomic mass is 9.98. The monoisotopic (exact) mass is 286 g/mol. The van der Waals surface area contributed by atoms with Gasteiger partial charge in [-0.3, -0.25) is 9.89 Å². The molecule has 1 amide bonds. The van der Waals surface area contributed by atoms with Gasteiger partial charge in [-0.25, -0.2) is 8.42 Å². The summed E-state index contributed by atoms with van der Waals surface area (Å²) in [7, 11) is -3.54. The highest BCUT2D eigenvalue weighted by Crippen LogP contribution is 2.26. The molecule has 0 saturated carbocycles. The molecule has 0 aliphatic carbocycles. The molecule has 2 rings (SSSR count). The minimum absolute atomic E-state index is 0.224. The summed E-state index contributed by atoms with van der Waals surface area (Å²) in [6, 6.07) is 0. The number of aromatic nitrogens is 2. The van der Waals surface area contributed by atoms with Gasteiger partial charge < -0.3 is 5.73 Å². The van der Waals surface area contributed by atoms with Crippen LogP contribution in [0.4, 0.5) is 0 Å². The van der Waals surface area contributed by atoms with Gasteiger partial charge >= 0.3 is 0 Å². The van der Waals surface area contributed by atoms with Crippen molar-refractivity contribution < 1.29 is 13.2 Å². The van der Waals surface area contributed by atoms with Crippen molar-refractivity contribution in [2.45, 2.75) is 31.6 Å². The number of hydrogen-bond donors (Lipinski definition) is 2. The van der Waals surface area contributed by atoms with Crippen LogP contribution in [-0.4, -0.2) is 41.9 Å². The molecule has 1 aromatic heterocycles. The molecule has 0 spiro atoms. The number of amides is 1. The maximum absolute atomic E-state index is 12.5. The van der Waals surface area contributed by atoms with Crippen LogP contribution in [0, 0.1) is 19.8 Å². The van der Waals surface area contributed by atoms with Crippen LogP contribution in [-0.2, 0) is 14.8 Å². The number of carbonyl (C=O) groups excluding carboxylic acids is 1. The molecule has 1 aliphatic heterocycles. The summed E-state index contributed by atoms with van der Waals surface area (Å²) >= 11 is 0. The number of rotatable bonds is 3. The standard InChI is InChI=1S/C11H18N4O3S/c1-7-10(8(2)14-13-7)19(17,18)15-5-3-9(4-6-15)11(12)16/h9H,3-6H2,1-2H3,(H2,12,16)(H,13,14). The van der Waals surface area contributed by atoms with Crippen LogP contribution in [0.1, 0.15) is 24.2 Å². The van der Waals surface area contributed by atoms with E-state index in [1.807, 2.05) is 0 Å². The number of aryl methyl sites for hydroxylation is 2. The summed E-state index contributed by atoms with van der Waals surface area (Å²) < 4.78 is 26.4. The van der Waals surface area contributed by atoms with Crippen molar-refractivity contribution in [1.82, 2.24) is 14.5 Å². The number of H-pyrrole nitrogens is 1. The van der Waals surface area contributed by atoms with Gasteiger partial charge in [-0.05, 0) is 26.7 Å². The van der Waals surface area contributed by atoms with Crippen molar-refractivity contribution >= 4 is 15.9 Å². The number of aromatic amines is 1. The van der Waals surface area contributed by atoms with E-state index in [2.05, 4.69) is 10.2 Å². The Morgan fingerprint density at radius 3 is 2.37 bits per heavy atom. The summed E-state index contributed by atoms with van der Waals surface area (Å²) in [4.78, 5) is 11.3. The van der Waals surface area contributed by atoms with Crippen LogP contribution in [0.25, 0.3) is 0 Å². The second-order valence-electron chi connectivity index (χ2n) is 4.84. The number of primary amides is 1. The third-order valence-corrected chi connectivity index (χ3v) is 5.68. The molecule has 8 heteroatoms. The Morgan fingerprint density at radius 2 is 1.95 bits per heavy atom. The summed E-state index contributed by atoms with van der Waals surface area (Å²) in [6.07, 6.45) is 0.953.